The maximum Gasteiger partial charge on any atom is 0.270 e. The van der Waals surface area contributed by atoms with E-state index in [9.17, 15) is 14.5 Å². The zero-order valence-corrected chi connectivity index (χ0v) is 6.90. The topological polar surface area (TPSA) is 63.4 Å². The fraction of sp³-hybridized carbons (Fsp3) is 0.250. The van der Waals surface area contributed by atoms with Gasteiger partial charge in [-0.2, -0.15) is 0 Å². The van der Waals surface area contributed by atoms with Gasteiger partial charge in [-0.15, -0.1) is 0 Å². The molecule has 0 radical (unpaired) electrons. The normalized spacial score (nSPS) is 12.5. The van der Waals surface area contributed by atoms with E-state index < -0.39 is 16.8 Å². The summed E-state index contributed by atoms with van der Waals surface area (Å²) < 4.78 is 12.9. The Morgan fingerprint density at radius 3 is 2.69 bits per heavy atom. The van der Waals surface area contributed by atoms with Crippen LogP contribution in [0.25, 0.3) is 0 Å². The van der Waals surface area contributed by atoms with Gasteiger partial charge >= 0.3 is 0 Å². The molecule has 13 heavy (non-hydrogen) atoms. The van der Waals surface area contributed by atoms with Crippen LogP contribution in [0.4, 0.5) is 10.1 Å². The molecule has 1 N–H and O–H groups in total. The summed E-state index contributed by atoms with van der Waals surface area (Å²) in [5.74, 6) is -0.638. The molecule has 0 saturated carbocycles. The lowest BCUT2D eigenvalue weighted by Crippen LogP contribution is -1.97. The molecule has 5 heteroatoms. The van der Waals surface area contributed by atoms with E-state index in [0.29, 0.717) is 0 Å². The first-order chi connectivity index (χ1) is 6.02. The number of nitrogens with zero attached hydrogens (tertiary/aromatic N) is 1. The van der Waals surface area contributed by atoms with Crippen molar-refractivity contribution in [3.63, 3.8) is 0 Å². The minimum absolute atomic E-state index is 0.0609. The second kappa shape index (κ2) is 3.49. The first kappa shape index (κ1) is 9.60. The van der Waals surface area contributed by atoms with Crippen molar-refractivity contribution in [2.24, 2.45) is 0 Å². The summed E-state index contributed by atoms with van der Waals surface area (Å²) in [6, 6.07) is 3.06. The number of hydrogen-bond donors (Lipinski definition) is 1. The van der Waals surface area contributed by atoms with Crippen molar-refractivity contribution >= 4 is 5.69 Å². The Morgan fingerprint density at radius 2 is 2.23 bits per heavy atom. The van der Waals surface area contributed by atoms with Gasteiger partial charge in [-0.05, 0) is 13.0 Å². The van der Waals surface area contributed by atoms with Gasteiger partial charge in [0.15, 0.2) is 0 Å². The van der Waals surface area contributed by atoms with Crippen LogP contribution in [-0.4, -0.2) is 10.0 Å². The van der Waals surface area contributed by atoms with E-state index in [4.69, 9.17) is 5.11 Å². The predicted molar refractivity (Wildman–Crippen MR) is 43.7 cm³/mol. The van der Waals surface area contributed by atoms with Gasteiger partial charge in [-0.1, -0.05) is 0 Å². The van der Waals surface area contributed by atoms with E-state index >= 15 is 0 Å². The van der Waals surface area contributed by atoms with Crippen LogP contribution in [0, 0.1) is 15.9 Å². The quantitative estimate of drug-likeness (QED) is 0.564. The third-order valence-corrected chi connectivity index (χ3v) is 1.64. The SMILES string of the molecule is C[C@@H](O)c1cc([N+](=O)[O-])ccc1F. The number of halogens is 1. The monoisotopic (exact) mass is 185 g/mol. The molecule has 70 valence electrons. The van der Waals surface area contributed by atoms with E-state index in [2.05, 4.69) is 0 Å². The van der Waals surface area contributed by atoms with Crippen molar-refractivity contribution < 1.29 is 14.4 Å². The molecule has 0 aliphatic rings. The predicted octanol–water partition coefficient (Wildman–Crippen LogP) is 1.79. The van der Waals surface area contributed by atoms with Crippen LogP contribution in [0.3, 0.4) is 0 Å². The number of aliphatic hydroxyl groups excluding tert-OH is 1. The molecule has 1 aromatic rings. The average Bonchev–Trinajstić information content (AvgIpc) is 2.04. The summed E-state index contributed by atoms with van der Waals surface area (Å²) in [4.78, 5) is 9.65. The average molecular weight is 185 g/mol. The molecule has 0 amide bonds. The summed E-state index contributed by atoms with van der Waals surface area (Å²) in [7, 11) is 0. The number of nitro groups is 1. The van der Waals surface area contributed by atoms with Crippen LogP contribution in [0.1, 0.15) is 18.6 Å². The van der Waals surface area contributed by atoms with Gasteiger partial charge in [0, 0.05) is 17.7 Å². The van der Waals surface area contributed by atoms with Crippen molar-refractivity contribution in [1.29, 1.82) is 0 Å². The fourth-order valence-electron chi connectivity index (χ4n) is 0.965. The van der Waals surface area contributed by atoms with Crippen LogP contribution in [-0.2, 0) is 0 Å². The van der Waals surface area contributed by atoms with Crippen molar-refractivity contribution in [3.8, 4) is 0 Å². The van der Waals surface area contributed by atoms with Crippen LogP contribution in [0.5, 0.6) is 0 Å². The minimum atomic E-state index is -1.04. The third-order valence-electron chi connectivity index (χ3n) is 1.64. The molecule has 0 heterocycles. The summed E-state index contributed by atoms with van der Waals surface area (Å²) >= 11 is 0. The van der Waals surface area contributed by atoms with Crippen LogP contribution in [0.2, 0.25) is 0 Å². The lowest BCUT2D eigenvalue weighted by Gasteiger charge is -2.04. The summed E-state index contributed by atoms with van der Waals surface area (Å²) in [5.41, 5.74) is -0.286. The maximum atomic E-state index is 12.9. The second-order valence-corrected chi connectivity index (χ2v) is 2.64. The highest BCUT2D eigenvalue weighted by atomic mass is 19.1. The number of rotatable bonds is 2. The Kier molecular flexibility index (Phi) is 2.57. The molecule has 0 bridgehead atoms. The van der Waals surface area contributed by atoms with E-state index in [1.165, 1.54) is 6.92 Å². The summed E-state index contributed by atoms with van der Waals surface area (Å²) in [5, 5.41) is 19.3. The minimum Gasteiger partial charge on any atom is -0.389 e. The Balaban J connectivity index is 3.19. The molecule has 0 spiro atoms. The largest absolute Gasteiger partial charge is 0.389 e. The smallest absolute Gasteiger partial charge is 0.270 e. The highest BCUT2D eigenvalue weighted by molar-refractivity contribution is 5.36. The molecule has 1 atom stereocenters. The van der Waals surface area contributed by atoms with Gasteiger partial charge in [0.1, 0.15) is 5.82 Å². The zero-order valence-electron chi connectivity index (χ0n) is 6.90. The lowest BCUT2D eigenvalue weighted by atomic mass is 10.1. The molecule has 0 unspecified atom stereocenters. The van der Waals surface area contributed by atoms with E-state index in [0.717, 1.165) is 18.2 Å². The maximum absolute atomic E-state index is 12.9. The highest BCUT2D eigenvalue weighted by Crippen LogP contribution is 2.21. The molecular formula is C8H8FNO3. The molecular weight excluding hydrogens is 177 g/mol. The first-order valence-electron chi connectivity index (χ1n) is 3.64. The fourth-order valence-corrected chi connectivity index (χ4v) is 0.965. The molecule has 4 nitrogen and oxygen atoms in total. The summed E-state index contributed by atoms with van der Waals surface area (Å²) in [6.07, 6.45) is -1.04. The Bertz CT molecular complexity index is 338. The van der Waals surface area contributed by atoms with Gasteiger partial charge in [-0.3, -0.25) is 10.1 Å². The second-order valence-electron chi connectivity index (χ2n) is 2.64. The molecule has 1 rings (SSSR count). The van der Waals surface area contributed by atoms with Gasteiger partial charge in [-0.25, -0.2) is 4.39 Å². The number of benzene rings is 1. The number of nitro benzene ring substituents is 1. The van der Waals surface area contributed by atoms with E-state index in [1.807, 2.05) is 0 Å². The van der Waals surface area contributed by atoms with Crippen LogP contribution >= 0.6 is 0 Å². The third kappa shape index (κ3) is 2.00. The molecule has 0 aliphatic heterocycles. The van der Waals surface area contributed by atoms with Gasteiger partial charge in [0.2, 0.25) is 0 Å². The zero-order chi connectivity index (χ0) is 10.0. The molecule has 0 saturated heterocycles. The number of aliphatic hydroxyl groups is 1. The van der Waals surface area contributed by atoms with Crippen LogP contribution < -0.4 is 0 Å². The number of hydrogen-bond acceptors (Lipinski definition) is 3. The van der Waals surface area contributed by atoms with Crippen molar-refractivity contribution in [1.82, 2.24) is 0 Å². The van der Waals surface area contributed by atoms with Gasteiger partial charge < -0.3 is 5.11 Å². The van der Waals surface area contributed by atoms with Crippen molar-refractivity contribution in [2.75, 3.05) is 0 Å². The molecule has 0 fully saturated rings. The van der Waals surface area contributed by atoms with Crippen LogP contribution in [0.15, 0.2) is 18.2 Å². The van der Waals surface area contributed by atoms with Crippen molar-refractivity contribution in [2.45, 2.75) is 13.0 Å². The van der Waals surface area contributed by atoms with Gasteiger partial charge in [0.05, 0.1) is 11.0 Å². The first-order valence-corrected chi connectivity index (χ1v) is 3.64. The van der Waals surface area contributed by atoms with E-state index in [1.54, 1.807) is 0 Å². The molecule has 0 aromatic heterocycles. The molecule has 1 aromatic carbocycles. The lowest BCUT2D eigenvalue weighted by molar-refractivity contribution is -0.385. The van der Waals surface area contributed by atoms with E-state index in [-0.39, 0.29) is 11.3 Å². The Morgan fingerprint density at radius 1 is 1.62 bits per heavy atom. The van der Waals surface area contributed by atoms with Gasteiger partial charge in [0.25, 0.3) is 5.69 Å². The van der Waals surface area contributed by atoms with Crippen molar-refractivity contribution in [3.05, 3.63) is 39.7 Å². The highest BCUT2D eigenvalue weighted by Gasteiger charge is 2.13. The molecule has 0 aliphatic carbocycles. The number of non-ortho nitro benzene ring substituents is 1. The Hall–Kier alpha value is -1.49. The summed E-state index contributed by atoms with van der Waals surface area (Å²) in [6.45, 7) is 1.35. The Labute approximate surface area is 73.8 Å². The standard InChI is InChI=1S/C8H8FNO3/c1-5(11)7-4-6(10(12)13)2-3-8(7)9/h2-5,11H,1H3/t5-/m1/s1.